The standard InChI is InChI=1S/C11H14BrN3O3S/c12-8-4-7(13)9(19-8)10(16)14-6-2-1-3-15(5-6)11(17)18/h4,6H,1-3,5,13H2,(H,14,16)(H,17,18)/t6-/m0/s1. The minimum Gasteiger partial charge on any atom is -0.465 e. The summed E-state index contributed by atoms with van der Waals surface area (Å²) in [6.45, 7) is 0.849. The summed E-state index contributed by atoms with van der Waals surface area (Å²) in [6.07, 6.45) is 0.584. The number of nitrogens with one attached hydrogen (secondary N) is 1. The van der Waals surface area contributed by atoms with Crippen molar-refractivity contribution < 1.29 is 14.7 Å². The molecule has 0 bridgehead atoms. The molecule has 0 aliphatic carbocycles. The minimum atomic E-state index is -0.947. The number of amides is 2. The van der Waals surface area contributed by atoms with Crippen molar-refractivity contribution in [3.8, 4) is 0 Å². The van der Waals surface area contributed by atoms with E-state index in [1.165, 1.54) is 16.2 Å². The lowest BCUT2D eigenvalue weighted by molar-refractivity contribution is 0.0893. The van der Waals surface area contributed by atoms with E-state index >= 15 is 0 Å². The van der Waals surface area contributed by atoms with Gasteiger partial charge in [0, 0.05) is 19.1 Å². The van der Waals surface area contributed by atoms with Gasteiger partial charge in [-0.3, -0.25) is 4.79 Å². The summed E-state index contributed by atoms with van der Waals surface area (Å²) in [6, 6.07) is 1.53. The van der Waals surface area contributed by atoms with E-state index in [2.05, 4.69) is 21.2 Å². The van der Waals surface area contributed by atoms with Crippen LogP contribution < -0.4 is 11.1 Å². The molecule has 4 N–H and O–H groups in total. The van der Waals surface area contributed by atoms with Gasteiger partial charge in [-0.05, 0) is 34.8 Å². The summed E-state index contributed by atoms with van der Waals surface area (Å²) in [7, 11) is 0. The number of hydrogen-bond acceptors (Lipinski definition) is 4. The maximum absolute atomic E-state index is 12.1. The Bertz CT molecular complexity index is 505. The van der Waals surface area contributed by atoms with E-state index in [1.54, 1.807) is 6.07 Å². The lowest BCUT2D eigenvalue weighted by Crippen LogP contribution is -2.49. The fourth-order valence-electron chi connectivity index (χ4n) is 2.07. The summed E-state index contributed by atoms with van der Waals surface area (Å²) in [5, 5.41) is 11.8. The molecule has 1 aromatic rings. The van der Waals surface area contributed by atoms with Gasteiger partial charge in [0.05, 0.1) is 9.47 Å². The largest absolute Gasteiger partial charge is 0.465 e. The first-order valence-electron chi connectivity index (χ1n) is 5.81. The third-order valence-electron chi connectivity index (χ3n) is 2.96. The second-order valence-electron chi connectivity index (χ2n) is 4.38. The van der Waals surface area contributed by atoms with Gasteiger partial charge in [-0.1, -0.05) is 0 Å². The molecule has 1 fully saturated rings. The monoisotopic (exact) mass is 347 g/mol. The number of nitrogen functional groups attached to an aromatic ring is 1. The number of carboxylic acid groups (broad SMARTS) is 1. The Morgan fingerprint density at radius 3 is 2.89 bits per heavy atom. The van der Waals surface area contributed by atoms with E-state index in [0.29, 0.717) is 23.7 Å². The predicted molar refractivity (Wildman–Crippen MR) is 76.5 cm³/mol. The lowest BCUT2D eigenvalue weighted by atomic mass is 10.1. The van der Waals surface area contributed by atoms with Gasteiger partial charge in [-0.15, -0.1) is 11.3 Å². The molecule has 0 spiro atoms. The van der Waals surface area contributed by atoms with Crippen molar-refractivity contribution in [1.82, 2.24) is 10.2 Å². The molecule has 0 aromatic carbocycles. The van der Waals surface area contributed by atoms with Crippen LogP contribution in [-0.4, -0.2) is 41.1 Å². The predicted octanol–water partition coefficient (Wildman–Crippen LogP) is 1.97. The molecular formula is C11H14BrN3O3S. The van der Waals surface area contributed by atoms with Crippen molar-refractivity contribution in [1.29, 1.82) is 0 Å². The van der Waals surface area contributed by atoms with Crippen molar-refractivity contribution in [2.75, 3.05) is 18.8 Å². The molecule has 1 aromatic heterocycles. The normalized spacial score (nSPS) is 19.2. The second-order valence-corrected chi connectivity index (χ2v) is 6.81. The van der Waals surface area contributed by atoms with Crippen molar-refractivity contribution in [3.05, 3.63) is 14.7 Å². The fourth-order valence-corrected chi connectivity index (χ4v) is 3.51. The number of carbonyl (C=O) groups is 2. The zero-order chi connectivity index (χ0) is 14.0. The van der Waals surface area contributed by atoms with Crippen molar-refractivity contribution in [2.24, 2.45) is 0 Å². The van der Waals surface area contributed by atoms with Gasteiger partial charge >= 0.3 is 6.09 Å². The van der Waals surface area contributed by atoms with Gasteiger partial charge < -0.3 is 21.1 Å². The van der Waals surface area contributed by atoms with Crippen LogP contribution in [0, 0.1) is 0 Å². The molecule has 2 rings (SSSR count). The average molecular weight is 348 g/mol. The number of rotatable bonds is 2. The Kier molecular flexibility index (Phi) is 4.31. The highest BCUT2D eigenvalue weighted by Gasteiger charge is 2.25. The van der Waals surface area contributed by atoms with E-state index in [9.17, 15) is 9.59 Å². The molecule has 1 aliphatic rings. The van der Waals surface area contributed by atoms with Crippen LogP contribution in [0.1, 0.15) is 22.5 Å². The Labute approximate surface area is 122 Å². The maximum atomic E-state index is 12.1. The summed E-state index contributed by atoms with van der Waals surface area (Å²) < 4.78 is 0.797. The molecule has 0 saturated carbocycles. The second kappa shape index (κ2) is 5.79. The number of hydrogen-bond donors (Lipinski definition) is 3. The van der Waals surface area contributed by atoms with Crippen LogP contribution in [0.4, 0.5) is 10.5 Å². The number of thiophene rings is 1. The Morgan fingerprint density at radius 1 is 1.58 bits per heavy atom. The summed E-state index contributed by atoms with van der Waals surface area (Å²) in [4.78, 5) is 24.7. The van der Waals surface area contributed by atoms with E-state index in [0.717, 1.165) is 16.6 Å². The molecule has 8 heteroatoms. The topological polar surface area (TPSA) is 95.7 Å². The van der Waals surface area contributed by atoms with Gasteiger partial charge in [0.25, 0.3) is 5.91 Å². The van der Waals surface area contributed by atoms with E-state index in [1.807, 2.05) is 0 Å². The molecule has 2 amide bonds. The van der Waals surface area contributed by atoms with Gasteiger partial charge in [0.2, 0.25) is 0 Å². The molecule has 1 saturated heterocycles. The van der Waals surface area contributed by atoms with Crippen LogP contribution in [-0.2, 0) is 0 Å². The molecular weight excluding hydrogens is 334 g/mol. The first-order chi connectivity index (χ1) is 8.97. The van der Waals surface area contributed by atoms with Crippen molar-refractivity contribution in [3.63, 3.8) is 0 Å². The third-order valence-corrected chi connectivity index (χ3v) is 4.62. The van der Waals surface area contributed by atoms with Gasteiger partial charge in [-0.2, -0.15) is 0 Å². The van der Waals surface area contributed by atoms with Gasteiger partial charge in [-0.25, -0.2) is 4.79 Å². The van der Waals surface area contributed by atoms with Gasteiger partial charge in [0.1, 0.15) is 4.88 Å². The Hall–Kier alpha value is -1.28. The minimum absolute atomic E-state index is 0.155. The maximum Gasteiger partial charge on any atom is 0.407 e. The third kappa shape index (κ3) is 3.38. The average Bonchev–Trinajstić information content (AvgIpc) is 2.69. The molecule has 6 nitrogen and oxygen atoms in total. The smallest absolute Gasteiger partial charge is 0.407 e. The van der Waals surface area contributed by atoms with Crippen LogP contribution in [0.15, 0.2) is 9.85 Å². The summed E-state index contributed by atoms with van der Waals surface area (Å²) in [5.74, 6) is -0.245. The SMILES string of the molecule is Nc1cc(Br)sc1C(=O)N[C@H]1CCCN(C(=O)O)C1. The molecule has 2 heterocycles. The number of halogens is 1. The molecule has 1 aliphatic heterocycles. The van der Waals surface area contributed by atoms with Crippen molar-refractivity contribution >= 4 is 45.0 Å². The fraction of sp³-hybridized carbons (Fsp3) is 0.455. The van der Waals surface area contributed by atoms with Crippen LogP contribution in [0.5, 0.6) is 0 Å². The molecule has 0 radical (unpaired) electrons. The van der Waals surface area contributed by atoms with Crippen LogP contribution in [0.2, 0.25) is 0 Å². The zero-order valence-corrected chi connectivity index (χ0v) is 12.5. The number of anilines is 1. The number of carbonyl (C=O) groups excluding carboxylic acids is 1. The summed E-state index contributed by atoms with van der Waals surface area (Å²) >= 11 is 4.55. The number of piperidine rings is 1. The molecule has 104 valence electrons. The highest BCUT2D eigenvalue weighted by atomic mass is 79.9. The molecule has 1 atom stereocenters. The van der Waals surface area contributed by atoms with Gasteiger partial charge in [0.15, 0.2) is 0 Å². The highest BCUT2D eigenvalue weighted by Crippen LogP contribution is 2.29. The van der Waals surface area contributed by atoms with Crippen LogP contribution in [0.3, 0.4) is 0 Å². The molecule has 19 heavy (non-hydrogen) atoms. The quantitative estimate of drug-likeness (QED) is 0.761. The summed E-state index contributed by atoms with van der Waals surface area (Å²) in [5.41, 5.74) is 6.17. The lowest BCUT2D eigenvalue weighted by Gasteiger charge is -2.31. The Balaban J connectivity index is 1.99. The van der Waals surface area contributed by atoms with Crippen LogP contribution in [0.25, 0.3) is 0 Å². The first-order valence-corrected chi connectivity index (χ1v) is 7.42. The number of nitrogens with two attached hydrogens (primary N) is 1. The first kappa shape index (κ1) is 14.1. The van der Waals surface area contributed by atoms with E-state index in [-0.39, 0.29) is 11.9 Å². The highest BCUT2D eigenvalue weighted by molar-refractivity contribution is 9.11. The zero-order valence-electron chi connectivity index (χ0n) is 10.1. The van der Waals surface area contributed by atoms with Crippen LogP contribution >= 0.6 is 27.3 Å². The van der Waals surface area contributed by atoms with Crippen molar-refractivity contribution in [2.45, 2.75) is 18.9 Å². The van der Waals surface area contributed by atoms with E-state index < -0.39 is 6.09 Å². The van der Waals surface area contributed by atoms with E-state index in [4.69, 9.17) is 10.8 Å². The number of nitrogens with zero attached hydrogens (tertiary/aromatic N) is 1. The molecule has 0 unspecified atom stereocenters. The number of likely N-dealkylation sites (tertiary alicyclic amines) is 1. The Morgan fingerprint density at radius 2 is 2.32 bits per heavy atom.